The van der Waals surface area contributed by atoms with Crippen LogP contribution in [0.2, 0.25) is 0 Å². The van der Waals surface area contributed by atoms with E-state index >= 15 is 0 Å². The first-order chi connectivity index (χ1) is 16.6. The van der Waals surface area contributed by atoms with Crippen LogP contribution in [0.25, 0.3) is 0 Å². The van der Waals surface area contributed by atoms with Crippen LogP contribution < -0.4 is 0 Å². The summed E-state index contributed by atoms with van der Waals surface area (Å²) in [6.07, 6.45) is 8.97. The number of fused-ring (bicyclic) bond motifs is 3. The largest absolute Gasteiger partial charge is 0.464 e. The summed E-state index contributed by atoms with van der Waals surface area (Å²) >= 11 is 0. The number of aliphatic hydroxyl groups is 1. The molecule has 35 heavy (non-hydrogen) atoms. The Kier molecular flexibility index (Phi) is 7.00. The van der Waals surface area contributed by atoms with Gasteiger partial charge in [0.1, 0.15) is 11.7 Å². The van der Waals surface area contributed by atoms with Gasteiger partial charge in [-0.25, -0.2) is 0 Å². The Morgan fingerprint density at radius 3 is 2.60 bits per heavy atom. The maximum absolute atomic E-state index is 13.4. The molecule has 2 heterocycles. The standard InChI is InChI=1S/C28H34O7/c1-5-6-7-8-9-15(2)26(32)24-25-19-14-34-21(23-16(3)10-18(29)13-20(23)30)11-17(19)12-22(31)28(25,4)35-27(24)33/h11-12,14-15,18,24-25,29H,5-10,13H2,1-4H3/t15-,18-,24-,25+,28-/m0/s1. The molecule has 188 valence electrons. The van der Waals surface area contributed by atoms with Gasteiger partial charge in [0.05, 0.1) is 23.9 Å². The first kappa shape index (κ1) is 25.3. The van der Waals surface area contributed by atoms with Gasteiger partial charge in [-0.15, -0.1) is 0 Å². The molecule has 0 saturated carbocycles. The van der Waals surface area contributed by atoms with Crippen molar-refractivity contribution in [3.8, 4) is 0 Å². The van der Waals surface area contributed by atoms with Gasteiger partial charge in [-0.1, -0.05) is 45.1 Å². The lowest BCUT2D eigenvalue weighted by Crippen LogP contribution is -2.47. The van der Waals surface area contributed by atoms with Crippen LogP contribution in [0.4, 0.5) is 0 Å². The van der Waals surface area contributed by atoms with Crippen LogP contribution in [0.15, 0.2) is 46.5 Å². The maximum Gasteiger partial charge on any atom is 0.318 e. The van der Waals surface area contributed by atoms with Crippen molar-refractivity contribution in [2.75, 3.05) is 0 Å². The second-order valence-electron chi connectivity index (χ2n) is 10.4. The number of Topliss-reactive ketones (excluding diaryl/α,β-unsaturated/α-hetero) is 2. The molecule has 0 aromatic rings. The lowest BCUT2D eigenvalue weighted by molar-refractivity contribution is -0.156. The van der Waals surface area contributed by atoms with Crippen LogP contribution >= 0.6 is 0 Å². The van der Waals surface area contributed by atoms with Crippen molar-refractivity contribution in [1.29, 1.82) is 0 Å². The van der Waals surface area contributed by atoms with Crippen LogP contribution in [0.5, 0.6) is 0 Å². The molecule has 5 atom stereocenters. The van der Waals surface area contributed by atoms with Gasteiger partial charge in [0.2, 0.25) is 0 Å². The number of allylic oxidation sites excluding steroid dienone is 3. The van der Waals surface area contributed by atoms with Crippen molar-refractivity contribution in [3.63, 3.8) is 0 Å². The zero-order valence-corrected chi connectivity index (χ0v) is 20.9. The number of carbonyl (C=O) groups excluding carboxylic acids is 4. The maximum atomic E-state index is 13.4. The lowest BCUT2D eigenvalue weighted by atomic mass is 9.66. The second-order valence-corrected chi connectivity index (χ2v) is 10.4. The van der Waals surface area contributed by atoms with E-state index in [0.29, 0.717) is 40.9 Å². The molecule has 1 fully saturated rings. The number of carbonyl (C=O) groups is 4. The van der Waals surface area contributed by atoms with Gasteiger partial charge in [0.25, 0.3) is 0 Å². The van der Waals surface area contributed by atoms with Crippen molar-refractivity contribution < 1.29 is 33.8 Å². The number of rotatable bonds is 8. The Hall–Kier alpha value is -2.80. The molecule has 0 unspecified atom stereocenters. The average molecular weight is 483 g/mol. The van der Waals surface area contributed by atoms with Crippen LogP contribution in [0.1, 0.15) is 72.6 Å². The number of unbranched alkanes of at least 4 members (excludes halogenated alkanes) is 3. The molecule has 0 aromatic heterocycles. The number of esters is 1. The highest BCUT2D eigenvalue weighted by molar-refractivity contribution is 6.10. The average Bonchev–Trinajstić information content (AvgIpc) is 3.07. The summed E-state index contributed by atoms with van der Waals surface area (Å²) < 4.78 is 11.4. The van der Waals surface area contributed by atoms with E-state index in [9.17, 15) is 24.3 Å². The smallest absolute Gasteiger partial charge is 0.318 e. The fraction of sp³-hybridized carbons (Fsp3) is 0.571. The van der Waals surface area contributed by atoms with E-state index in [1.807, 2.05) is 6.92 Å². The molecular weight excluding hydrogens is 448 g/mol. The lowest BCUT2D eigenvalue weighted by Gasteiger charge is -2.36. The molecule has 0 aromatic carbocycles. The number of hydrogen-bond acceptors (Lipinski definition) is 7. The van der Waals surface area contributed by atoms with Crippen molar-refractivity contribution >= 4 is 23.3 Å². The Balaban J connectivity index is 1.63. The van der Waals surface area contributed by atoms with Crippen LogP contribution in [-0.4, -0.2) is 40.1 Å². The van der Waals surface area contributed by atoms with E-state index < -0.39 is 29.5 Å². The summed E-state index contributed by atoms with van der Waals surface area (Å²) in [5.74, 6) is -3.37. The Bertz CT molecular complexity index is 1090. The third-order valence-corrected chi connectivity index (χ3v) is 7.73. The molecule has 0 bridgehead atoms. The molecule has 2 aliphatic carbocycles. The van der Waals surface area contributed by atoms with E-state index in [4.69, 9.17) is 9.47 Å². The Morgan fingerprint density at radius 1 is 1.17 bits per heavy atom. The van der Waals surface area contributed by atoms with Crippen LogP contribution in [-0.2, 0) is 28.7 Å². The molecule has 1 N–H and O–H groups in total. The van der Waals surface area contributed by atoms with E-state index in [1.165, 1.54) is 12.3 Å². The Morgan fingerprint density at radius 2 is 1.91 bits per heavy atom. The van der Waals surface area contributed by atoms with Gasteiger partial charge in [-0.2, -0.15) is 0 Å². The second kappa shape index (κ2) is 9.69. The van der Waals surface area contributed by atoms with Crippen LogP contribution in [0.3, 0.4) is 0 Å². The minimum atomic E-state index is -1.47. The Labute approximate surface area is 205 Å². The first-order valence-electron chi connectivity index (χ1n) is 12.6. The van der Waals surface area contributed by atoms with Gasteiger partial charge < -0.3 is 14.6 Å². The fourth-order valence-corrected chi connectivity index (χ4v) is 5.75. The molecule has 0 spiro atoms. The zero-order chi connectivity index (χ0) is 25.5. The van der Waals surface area contributed by atoms with Crippen molar-refractivity contribution in [2.24, 2.45) is 17.8 Å². The summed E-state index contributed by atoms with van der Waals surface area (Å²) in [6.45, 7) is 7.29. The summed E-state index contributed by atoms with van der Waals surface area (Å²) in [7, 11) is 0. The van der Waals surface area contributed by atoms with Gasteiger partial charge >= 0.3 is 5.97 Å². The van der Waals surface area contributed by atoms with Crippen molar-refractivity contribution in [3.05, 3.63) is 46.5 Å². The van der Waals surface area contributed by atoms with Gasteiger partial charge in [0, 0.05) is 17.9 Å². The topological polar surface area (TPSA) is 107 Å². The predicted octanol–water partition coefficient (Wildman–Crippen LogP) is 4.06. The van der Waals surface area contributed by atoms with E-state index in [-0.39, 0.29) is 29.7 Å². The highest BCUT2D eigenvalue weighted by Crippen LogP contribution is 2.51. The van der Waals surface area contributed by atoms with Crippen molar-refractivity contribution in [1.82, 2.24) is 0 Å². The molecule has 0 amide bonds. The molecule has 4 rings (SSSR count). The molecule has 2 aliphatic heterocycles. The fourth-order valence-electron chi connectivity index (χ4n) is 5.75. The molecular formula is C28H34O7. The minimum Gasteiger partial charge on any atom is -0.464 e. The molecule has 4 aliphatic rings. The van der Waals surface area contributed by atoms with E-state index in [2.05, 4.69) is 6.92 Å². The number of ketones is 3. The highest BCUT2D eigenvalue weighted by Gasteiger charge is 2.62. The quantitative estimate of drug-likeness (QED) is 0.316. The summed E-state index contributed by atoms with van der Waals surface area (Å²) in [6, 6.07) is 0. The predicted molar refractivity (Wildman–Crippen MR) is 128 cm³/mol. The van der Waals surface area contributed by atoms with Crippen molar-refractivity contribution in [2.45, 2.75) is 84.3 Å². The normalized spacial score (nSPS) is 31.1. The monoisotopic (exact) mass is 482 g/mol. The molecule has 1 saturated heterocycles. The van der Waals surface area contributed by atoms with E-state index in [0.717, 1.165) is 25.7 Å². The van der Waals surface area contributed by atoms with Gasteiger partial charge in [0.15, 0.2) is 23.0 Å². The third-order valence-electron chi connectivity index (χ3n) is 7.73. The minimum absolute atomic E-state index is 0.0116. The number of ether oxygens (including phenoxy) is 2. The summed E-state index contributed by atoms with van der Waals surface area (Å²) in [5.41, 5.74) is 0.723. The van der Waals surface area contributed by atoms with E-state index in [1.54, 1.807) is 19.9 Å². The third kappa shape index (κ3) is 4.46. The number of aliphatic hydroxyl groups excluding tert-OH is 1. The zero-order valence-electron chi connectivity index (χ0n) is 20.9. The van der Waals surface area contributed by atoms with Gasteiger partial charge in [-0.3, -0.25) is 19.2 Å². The first-order valence-corrected chi connectivity index (χ1v) is 12.6. The summed E-state index contributed by atoms with van der Waals surface area (Å²) in [5, 5.41) is 9.89. The SMILES string of the molecule is CCCCCC[C@H](C)C(=O)[C@H]1C(=O)O[C@@]2(C)C(=O)C=C3C=C(C4=C(C)C[C@H](O)CC4=O)OC=C3[C@H]12. The molecule has 7 heteroatoms. The highest BCUT2D eigenvalue weighted by atomic mass is 16.6. The molecule has 0 radical (unpaired) electrons. The number of hydrogen-bond donors (Lipinski definition) is 1. The summed E-state index contributed by atoms with van der Waals surface area (Å²) in [4.78, 5) is 52.1. The van der Waals surface area contributed by atoms with Crippen LogP contribution in [0, 0.1) is 17.8 Å². The van der Waals surface area contributed by atoms with Gasteiger partial charge in [-0.05, 0) is 44.4 Å². The molecule has 7 nitrogen and oxygen atoms in total.